The first-order chi connectivity index (χ1) is 11.9. The van der Waals surface area contributed by atoms with E-state index in [4.69, 9.17) is 16.3 Å². The summed E-state index contributed by atoms with van der Waals surface area (Å²) in [7, 11) is 3.96. The predicted octanol–water partition coefficient (Wildman–Crippen LogP) is 3.55. The summed E-state index contributed by atoms with van der Waals surface area (Å²) >= 11 is 6.11. The third-order valence-electron chi connectivity index (χ3n) is 3.59. The Balaban J connectivity index is 1.84. The van der Waals surface area contributed by atoms with E-state index in [1.54, 1.807) is 18.3 Å². The summed E-state index contributed by atoms with van der Waals surface area (Å²) in [6, 6.07) is 11.4. The van der Waals surface area contributed by atoms with Crippen LogP contribution in [-0.2, 0) is 4.79 Å². The molecular weight excluding hydrogens is 338 g/mol. The normalized spacial score (nSPS) is 10.8. The van der Waals surface area contributed by atoms with E-state index < -0.39 is 0 Å². The summed E-state index contributed by atoms with van der Waals surface area (Å²) in [6.07, 6.45) is 1.59. The van der Waals surface area contributed by atoms with E-state index in [1.807, 2.05) is 57.1 Å². The van der Waals surface area contributed by atoms with Crippen LogP contribution in [0.3, 0.4) is 0 Å². The summed E-state index contributed by atoms with van der Waals surface area (Å²) in [5.41, 5.74) is 6.27. The van der Waals surface area contributed by atoms with E-state index in [9.17, 15) is 4.79 Å². The Hall–Kier alpha value is -2.53. The molecular formula is C19H22ClN3O2. The molecule has 0 atom stereocenters. The van der Waals surface area contributed by atoms with Crippen LogP contribution in [0.25, 0.3) is 0 Å². The van der Waals surface area contributed by atoms with Crippen molar-refractivity contribution in [2.75, 3.05) is 25.6 Å². The van der Waals surface area contributed by atoms with Crippen LogP contribution in [-0.4, -0.2) is 32.8 Å². The molecule has 5 nitrogen and oxygen atoms in total. The van der Waals surface area contributed by atoms with Gasteiger partial charge >= 0.3 is 0 Å². The first kappa shape index (κ1) is 18.8. The van der Waals surface area contributed by atoms with Crippen LogP contribution in [0.5, 0.6) is 5.75 Å². The van der Waals surface area contributed by atoms with Crippen LogP contribution in [0, 0.1) is 13.8 Å². The number of nitrogens with one attached hydrogen (secondary N) is 1. The zero-order valence-corrected chi connectivity index (χ0v) is 15.6. The molecule has 0 aromatic heterocycles. The number of amides is 1. The van der Waals surface area contributed by atoms with Gasteiger partial charge in [0, 0.05) is 24.8 Å². The third-order valence-corrected chi connectivity index (χ3v) is 4.19. The number of carbonyl (C=O) groups excluding carboxylic acids is 1. The number of carbonyl (C=O) groups is 1. The van der Waals surface area contributed by atoms with Gasteiger partial charge in [-0.1, -0.05) is 23.7 Å². The van der Waals surface area contributed by atoms with E-state index in [-0.39, 0.29) is 12.5 Å². The second-order valence-corrected chi connectivity index (χ2v) is 6.32. The van der Waals surface area contributed by atoms with Gasteiger partial charge in [-0.25, -0.2) is 5.43 Å². The fourth-order valence-electron chi connectivity index (χ4n) is 2.21. The lowest BCUT2D eigenvalue weighted by molar-refractivity contribution is -0.123. The molecule has 25 heavy (non-hydrogen) atoms. The third kappa shape index (κ3) is 5.50. The molecule has 2 aromatic rings. The minimum absolute atomic E-state index is 0.114. The quantitative estimate of drug-likeness (QED) is 0.634. The molecule has 0 aliphatic heterocycles. The number of hydrogen-bond acceptors (Lipinski definition) is 4. The number of ether oxygens (including phenoxy) is 1. The minimum Gasteiger partial charge on any atom is -0.484 e. The first-order valence-electron chi connectivity index (χ1n) is 7.85. The highest BCUT2D eigenvalue weighted by Gasteiger charge is 2.06. The second kappa shape index (κ2) is 8.53. The fraction of sp³-hybridized carbons (Fsp3) is 0.263. The van der Waals surface area contributed by atoms with Crippen LogP contribution in [0.1, 0.15) is 16.7 Å². The summed E-state index contributed by atoms with van der Waals surface area (Å²) in [4.78, 5) is 13.8. The number of hydrogen-bond donors (Lipinski definition) is 1. The van der Waals surface area contributed by atoms with Gasteiger partial charge in [0.15, 0.2) is 6.61 Å². The molecule has 0 unspecified atom stereocenters. The van der Waals surface area contributed by atoms with E-state index >= 15 is 0 Å². The number of nitrogens with zero attached hydrogens (tertiary/aromatic N) is 2. The molecule has 0 bridgehead atoms. The van der Waals surface area contributed by atoms with Gasteiger partial charge in [0.2, 0.25) is 0 Å². The number of hydrazone groups is 1. The average molecular weight is 360 g/mol. The highest BCUT2D eigenvalue weighted by molar-refractivity contribution is 6.32. The number of rotatable bonds is 6. The van der Waals surface area contributed by atoms with Gasteiger partial charge < -0.3 is 9.64 Å². The Morgan fingerprint density at radius 1 is 1.20 bits per heavy atom. The van der Waals surface area contributed by atoms with E-state index in [0.717, 1.165) is 22.4 Å². The molecule has 132 valence electrons. The first-order valence-corrected chi connectivity index (χ1v) is 8.23. The van der Waals surface area contributed by atoms with Gasteiger partial charge in [-0.3, -0.25) is 4.79 Å². The number of halogens is 1. The second-order valence-electron chi connectivity index (χ2n) is 5.94. The van der Waals surface area contributed by atoms with Crippen molar-refractivity contribution in [1.29, 1.82) is 0 Å². The smallest absolute Gasteiger partial charge is 0.277 e. The lowest BCUT2D eigenvalue weighted by Gasteiger charge is -2.11. The predicted molar refractivity (Wildman–Crippen MR) is 103 cm³/mol. The van der Waals surface area contributed by atoms with Gasteiger partial charge in [-0.15, -0.1) is 0 Å². The van der Waals surface area contributed by atoms with Crippen LogP contribution in [0.15, 0.2) is 41.5 Å². The van der Waals surface area contributed by atoms with Crippen molar-refractivity contribution < 1.29 is 9.53 Å². The Labute approximate surface area is 153 Å². The zero-order chi connectivity index (χ0) is 18.4. The Morgan fingerprint density at radius 2 is 1.80 bits per heavy atom. The number of anilines is 1. The molecule has 2 aromatic carbocycles. The maximum absolute atomic E-state index is 11.8. The number of aryl methyl sites for hydroxylation is 2. The van der Waals surface area contributed by atoms with Crippen LogP contribution in [0.4, 0.5) is 5.69 Å². The van der Waals surface area contributed by atoms with Crippen LogP contribution in [0.2, 0.25) is 5.02 Å². The van der Waals surface area contributed by atoms with Crippen molar-refractivity contribution in [1.82, 2.24) is 5.43 Å². The summed E-state index contributed by atoms with van der Waals surface area (Å²) in [6.45, 7) is 3.68. The lowest BCUT2D eigenvalue weighted by atomic mass is 10.1. The van der Waals surface area contributed by atoms with Gasteiger partial charge in [-0.05, 0) is 54.8 Å². The molecule has 1 amide bonds. The van der Waals surface area contributed by atoms with Gasteiger partial charge in [-0.2, -0.15) is 5.10 Å². The topological polar surface area (TPSA) is 53.9 Å². The fourth-order valence-corrected chi connectivity index (χ4v) is 2.32. The molecule has 0 radical (unpaired) electrons. The maximum Gasteiger partial charge on any atom is 0.277 e. The molecule has 1 N–H and O–H groups in total. The monoisotopic (exact) mass is 359 g/mol. The molecule has 0 heterocycles. The van der Waals surface area contributed by atoms with E-state index in [2.05, 4.69) is 10.5 Å². The zero-order valence-electron chi connectivity index (χ0n) is 14.8. The van der Waals surface area contributed by atoms with Crippen molar-refractivity contribution in [3.63, 3.8) is 0 Å². The van der Waals surface area contributed by atoms with E-state index in [0.29, 0.717) is 10.8 Å². The maximum atomic E-state index is 11.8. The number of benzene rings is 2. The SMILES string of the molecule is Cc1cc(OCC(=O)NN=Cc2ccc(N(C)C)cc2)cc(C)c1Cl. The van der Waals surface area contributed by atoms with Gasteiger partial charge in [0.05, 0.1) is 6.21 Å². The molecule has 6 heteroatoms. The van der Waals surface area contributed by atoms with Crippen molar-refractivity contribution in [3.05, 3.63) is 58.1 Å². The molecule has 2 rings (SSSR count). The molecule has 0 spiro atoms. The van der Waals surface area contributed by atoms with Crippen molar-refractivity contribution >= 4 is 29.4 Å². The van der Waals surface area contributed by atoms with Crippen molar-refractivity contribution in [3.8, 4) is 5.75 Å². The van der Waals surface area contributed by atoms with Crippen LogP contribution < -0.4 is 15.1 Å². The summed E-state index contributed by atoms with van der Waals surface area (Å²) < 4.78 is 5.48. The highest BCUT2D eigenvalue weighted by atomic mass is 35.5. The van der Waals surface area contributed by atoms with Gasteiger partial charge in [0.1, 0.15) is 5.75 Å². The lowest BCUT2D eigenvalue weighted by Crippen LogP contribution is -2.24. The van der Waals surface area contributed by atoms with Crippen LogP contribution >= 0.6 is 11.6 Å². The Morgan fingerprint density at radius 3 is 2.36 bits per heavy atom. The Bertz CT molecular complexity index is 748. The van der Waals surface area contributed by atoms with Crippen molar-refractivity contribution in [2.24, 2.45) is 5.10 Å². The average Bonchev–Trinajstić information content (AvgIpc) is 2.58. The van der Waals surface area contributed by atoms with Crippen molar-refractivity contribution in [2.45, 2.75) is 13.8 Å². The summed E-state index contributed by atoms with van der Waals surface area (Å²) in [5, 5.41) is 4.65. The Kier molecular flexibility index (Phi) is 6.42. The molecule has 0 aliphatic carbocycles. The highest BCUT2D eigenvalue weighted by Crippen LogP contribution is 2.25. The summed E-state index contributed by atoms with van der Waals surface area (Å²) in [5.74, 6) is 0.282. The standard InChI is InChI=1S/C19H22ClN3O2/c1-13-9-17(10-14(2)19(13)20)25-12-18(24)22-21-11-15-5-7-16(8-6-15)23(3)4/h5-11H,12H2,1-4H3,(H,22,24). The van der Waals surface area contributed by atoms with Gasteiger partial charge in [0.25, 0.3) is 5.91 Å². The van der Waals surface area contributed by atoms with E-state index in [1.165, 1.54) is 0 Å². The largest absolute Gasteiger partial charge is 0.484 e. The minimum atomic E-state index is -0.327. The molecule has 0 aliphatic rings. The molecule has 0 saturated carbocycles. The molecule has 0 fully saturated rings. The molecule has 0 saturated heterocycles.